The zero-order valence-corrected chi connectivity index (χ0v) is 9.30. The Labute approximate surface area is 102 Å². The molecular formula is C11H11F2N3O2. The van der Waals surface area contributed by atoms with Crippen LogP contribution in [0, 0.1) is 11.6 Å². The van der Waals surface area contributed by atoms with Gasteiger partial charge in [0.15, 0.2) is 5.82 Å². The summed E-state index contributed by atoms with van der Waals surface area (Å²) in [6.07, 6.45) is 0.696. The van der Waals surface area contributed by atoms with E-state index in [-0.39, 0.29) is 11.6 Å². The first-order valence-corrected chi connectivity index (χ1v) is 5.36. The molecular weight excluding hydrogens is 244 g/mol. The summed E-state index contributed by atoms with van der Waals surface area (Å²) in [7, 11) is 0. The Morgan fingerprint density at radius 1 is 1.39 bits per heavy atom. The summed E-state index contributed by atoms with van der Waals surface area (Å²) >= 11 is 0. The molecule has 1 saturated heterocycles. The van der Waals surface area contributed by atoms with Crippen LogP contribution in [0.2, 0.25) is 0 Å². The number of anilines is 1. The van der Waals surface area contributed by atoms with E-state index in [9.17, 15) is 18.4 Å². The maximum Gasteiger partial charge on any atom is 0.260 e. The van der Waals surface area contributed by atoms with Crippen molar-refractivity contribution in [3.05, 3.63) is 29.8 Å². The van der Waals surface area contributed by atoms with Gasteiger partial charge >= 0.3 is 0 Å². The van der Waals surface area contributed by atoms with Gasteiger partial charge in [-0.3, -0.25) is 20.4 Å². The molecule has 1 aromatic rings. The molecule has 0 saturated carbocycles. The third kappa shape index (κ3) is 2.73. The predicted molar refractivity (Wildman–Crippen MR) is 59.3 cm³/mol. The van der Waals surface area contributed by atoms with Gasteiger partial charge in [0.2, 0.25) is 5.91 Å². The third-order valence-corrected chi connectivity index (χ3v) is 2.56. The highest BCUT2D eigenvalue weighted by Crippen LogP contribution is 2.14. The van der Waals surface area contributed by atoms with E-state index < -0.39 is 23.6 Å². The van der Waals surface area contributed by atoms with Crippen LogP contribution >= 0.6 is 0 Å². The van der Waals surface area contributed by atoms with Crippen LogP contribution in [0.3, 0.4) is 0 Å². The number of amides is 2. The fraction of sp³-hybridized carbons (Fsp3) is 0.273. The third-order valence-electron chi connectivity index (χ3n) is 2.56. The Bertz CT molecular complexity index is 493. The van der Waals surface area contributed by atoms with Gasteiger partial charge in [0.05, 0.1) is 5.69 Å². The van der Waals surface area contributed by atoms with Gasteiger partial charge in [-0.25, -0.2) is 8.78 Å². The second-order valence-corrected chi connectivity index (χ2v) is 3.90. The van der Waals surface area contributed by atoms with Crippen molar-refractivity contribution in [2.24, 2.45) is 0 Å². The molecule has 1 atom stereocenters. The van der Waals surface area contributed by atoms with Gasteiger partial charge in [0.25, 0.3) is 5.91 Å². The van der Waals surface area contributed by atoms with Crippen molar-refractivity contribution in [3.8, 4) is 0 Å². The van der Waals surface area contributed by atoms with Crippen LogP contribution in [0.1, 0.15) is 12.8 Å². The molecule has 2 amide bonds. The first-order chi connectivity index (χ1) is 8.56. The van der Waals surface area contributed by atoms with Crippen molar-refractivity contribution >= 4 is 17.5 Å². The first-order valence-electron chi connectivity index (χ1n) is 5.36. The summed E-state index contributed by atoms with van der Waals surface area (Å²) in [6, 6.07) is 2.31. The number of hydrogen-bond acceptors (Lipinski definition) is 3. The van der Waals surface area contributed by atoms with Gasteiger partial charge < -0.3 is 5.32 Å². The van der Waals surface area contributed by atoms with E-state index >= 15 is 0 Å². The van der Waals surface area contributed by atoms with Crippen LogP contribution in [0.4, 0.5) is 14.5 Å². The summed E-state index contributed by atoms with van der Waals surface area (Å²) in [5.74, 6) is -2.18. The molecule has 2 rings (SSSR count). The second kappa shape index (κ2) is 4.99. The summed E-state index contributed by atoms with van der Waals surface area (Å²) in [5.41, 5.74) is 4.55. The zero-order valence-electron chi connectivity index (χ0n) is 9.30. The van der Waals surface area contributed by atoms with Crippen molar-refractivity contribution in [3.63, 3.8) is 0 Å². The Kier molecular flexibility index (Phi) is 3.40. The largest absolute Gasteiger partial charge is 0.344 e. The summed E-state index contributed by atoms with van der Waals surface area (Å²) < 4.78 is 25.8. The molecule has 1 aliphatic rings. The molecule has 1 aromatic carbocycles. The van der Waals surface area contributed by atoms with Crippen LogP contribution in [0.15, 0.2) is 18.2 Å². The summed E-state index contributed by atoms with van der Waals surface area (Å²) in [6.45, 7) is 0. The van der Waals surface area contributed by atoms with E-state index in [1.54, 1.807) is 0 Å². The van der Waals surface area contributed by atoms with Gasteiger partial charge in [-0.15, -0.1) is 0 Å². The van der Waals surface area contributed by atoms with Gasteiger partial charge in [-0.2, -0.15) is 0 Å². The van der Waals surface area contributed by atoms with Crippen molar-refractivity contribution < 1.29 is 18.4 Å². The van der Waals surface area contributed by atoms with E-state index in [0.717, 1.165) is 12.1 Å². The molecule has 5 nitrogen and oxygen atoms in total. The summed E-state index contributed by atoms with van der Waals surface area (Å²) in [4.78, 5) is 22.5. The lowest BCUT2D eigenvalue weighted by atomic mass is 10.2. The molecule has 0 bridgehead atoms. The quantitative estimate of drug-likeness (QED) is 0.696. The van der Waals surface area contributed by atoms with E-state index in [0.29, 0.717) is 18.9 Å². The Balaban J connectivity index is 1.91. The zero-order chi connectivity index (χ0) is 13.1. The Hall–Kier alpha value is -2.18. The van der Waals surface area contributed by atoms with E-state index in [1.165, 1.54) is 0 Å². The van der Waals surface area contributed by atoms with E-state index in [4.69, 9.17) is 0 Å². The second-order valence-electron chi connectivity index (χ2n) is 3.90. The van der Waals surface area contributed by atoms with Crippen LogP contribution in [-0.2, 0) is 9.59 Å². The van der Waals surface area contributed by atoms with Gasteiger partial charge in [0, 0.05) is 12.5 Å². The smallest absolute Gasteiger partial charge is 0.260 e. The van der Waals surface area contributed by atoms with Crippen LogP contribution in [-0.4, -0.2) is 17.9 Å². The average Bonchev–Trinajstić information content (AvgIpc) is 2.74. The monoisotopic (exact) mass is 255 g/mol. The topological polar surface area (TPSA) is 70.2 Å². The molecule has 7 heteroatoms. The molecule has 0 aliphatic carbocycles. The number of rotatable bonds is 3. The van der Waals surface area contributed by atoms with Crippen molar-refractivity contribution in [2.45, 2.75) is 18.9 Å². The highest BCUT2D eigenvalue weighted by atomic mass is 19.1. The van der Waals surface area contributed by atoms with Crippen LogP contribution in [0.25, 0.3) is 0 Å². The Morgan fingerprint density at radius 3 is 2.78 bits per heavy atom. The minimum atomic E-state index is -0.814. The standard InChI is InChI=1S/C11H11F2N3O2/c12-6-1-2-8(7(13)5-6)15-16-11(18)9-3-4-10(17)14-9/h1-2,5,9,15H,3-4H2,(H,14,17)(H,16,18). The predicted octanol–water partition coefficient (Wildman–Crippen LogP) is 0.686. The highest BCUT2D eigenvalue weighted by molar-refractivity contribution is 5.91. The first kappa shape index (κ1) is 12.3. The van der Waals surface area contributed by atoms with E-state index in [2.05, 4.69) is 16.2 Å². The molecule has 1 heterocycles. The number of nitrogens with one attached hydrogen (secondary N) is 3. The van der Waals surface area contributed by atoms with Gasteiger partial charge in [0.1, 0.15) is 11.9 Å². The normalized spacial score (nSPS) is 18.3. The lowest BCUT2D eigenvalue weighted by Gasteiger charge is -2.13. The van der Waals surface area contributed by atoms with Gasteiger partial charge in [-0.1, -0.05) is 0 Å². The van der Waals surface area contributed by atoms with E-state index in [1.807, 2.05) is 0 Å². The minimum Gasteiger partial charge on any atom is -0.344 e. The average molecular weight is 255 g/mol. The number of halogens is 2. The molecule has 1 unspecified atom stereocenters. The number of hydrogen-bond donors (Lipinski definition) is 3. The Morgan fingerprint density at radius 2 is 2.17 bits per heavy atom. The van der Waals surface area contributed by atoms with Crippen molar-refractivity contribution in [1.29, 1.82) is 0 Å². The summed E-state index contributed by atoms with van der Waals surface area (Å²) in [5, 5.41) is 2.47. The highest BCUT2D eigenvalue weighted by Gasteiger charge is 2.27. The molecule has 0 radical (unpaired) electrons. The van der Waals surface area contributed by atoms with Crippen LogP contribution < -0.4 is 16.2 Å². The molecule has 3 N–H and O–H groups in total. The van der Waals surface area contributed by atoms with Crippen molar-refractivity contribution in [2.75, 3.05) is 5.43 Å². The van der Waals surface area contributed by atoms with Gasteiger partial charge in [-0.05, 0) is 18.6 Å². The number of hydrazine groups is 1. The molecule has 1 fully saturated rings. The molecule has 0 aromatic heterocycles. The SMILES string of the molecule is O=C1CCC(C(=O)NNc2ccc(F)cc2F)N1. The number of carbonyl (C=O) groups is 2. The maximum absolute atomic E-state index is 13.2. The molecule has 96 valence electrons. The number of benzene rings is 1. The van der Waals surface area contributed by atoms with Crippen LogP contribution in [0.5, 0.6) is 0 Å². The molecule has 18 heavy (non-hydrogen) atoms. The molecule has 1 aliphatic heterocycles. The minimum absolute atomic E-state index is 0.0472. The fourth-order valence-electron chi connectivity index (χ4n) is 1.62. The molecule has 0 spiro atoms. The fourth-order valence-corrected chi connectivity index (χ4v) is 1.62. The lowest BCUT2D eigenvalue weighted by Crippen LogP contribution is -2.44. The van der Waals surface area contributed by atoms with Crippen molar-refractivity contribution in [1.82, 2.24) is 10.7 Å². The lowest BCUT2D eigenvalue weighted by molar-refractivity contribution is -0.125. The maximum atomic E-state index is 13.2. The number of carbonyl (C=O) groups excluding carboxylic acids is 2.